The number of unbranched alkanes of at least 4 members (excludes halogenated alkanes) is 12. The highest BCUT2D eigenvalue weighted by atomic mass is 32.2. The number of nitrogens with one attached hydrogen (secondary N) is 1. The minimum atomic E-state index is 1.09. The molecule has 136 valence electrons. The number of aromatic nitrogens is 2. The molecule has 0 aliphatic heterocycles. The molecular weight excluding hydrogens is 332 g/mol. The Labute approximate surface area is 156 Å². The van der Waals surface area contributed by atoms with Crippen LogP contribution in [0.4, 0.5) is 0 Å². The predicted octanol–water partition coefficient (Wildman–Crippen LogP) is 7.81. The number of thiophene rings is 1. The van der Waals surface area contributed by atoms with E-state index in [0.717, 1.165) is 10.7 Å². The van der Waals surface area contributed by atoms with Gasteiger partial charge in [-0.1, -0.05) is 95.7 Å². The standard InChI is InChI=1S/C20H34N2S2/c1-2-3-4-5-6-7-8-9-10-11-12-13-14-15-24-20-21-18-16-23-17-19(18)22-20/h16-17H,2-15H2,1H3,(H,21,22). The van der Waals surface area contributed by atoms with Gasteiger partial charge in [0.15, 0.2) is 5.16 Å². The number of aromatic amines is 1. The molecular formula is C20H34N2S2. The van der Waals surface area contributed by atoms with Crippen LogP contribution in [0.5, 0.6) is 0 Å². The van der Waals surface area contributed by atoms with Crippen molar-refractivity contribution in [2.75, 3.05) is 5.75 Å². The largest absolute Gasteiger partial charge is 0.332 e. The Morgan fingerprint density at radius 1 is 0.833 bits per heavy atom. The van der Waals surface area contributed by atoms with Crippen LogP contribution in [0.15, 0.2) is 15.9 Å². The molecule has 2 heterocycles. The number of hydrogen-bond donors (Lipinski definition) is 1. The molecule has 0 radical (unpaired) electrons. The summed E-state index contributed by atoms with van der Waals surface area (Å²) in [4.78, 5) is 7.97. The van der Waals surface area contributed by atoms with Gasteiger partial charge in [0.05, 0.1) is 5.52 Å². The van der Waals surface area contributed by atoms with E-state index in [2.05, 4.69) is 27.7 Å². The first kappa shape index (κ1) is 19.8. The van der Waals surface area contributed by atoms with E-state index in [4.69, 9.17) is 0 Å². The van der Waals surface area contributed by atoms with E-state index in [-0.39, 0.29) is 0 Å². The molecule has 24 heavy (non-hydrogen) atoms. The maximum Gasteiger partial charge on any atom is 0.166 e. The molecule has 2 rings (SSSR count). The summed E-state index contributed by atoms with van der Waals surface area (Å²) >= 11 is 3.59. The second-order valence-corrected chi connectivity index (χ2v) is 8.63. The van der Waals surface area contributed by atoms with Crippen molar-refractivity contribution < 1.29 is 0 Å². The van der Waals surface area contributed by atoms with Crippen LogP contribution in [0.2, 0.25) is 0 Å². The number of rotatable bonds is 15. The zero-order valence-electron chi connectivity index (χ0n) is 15.3. The predicted molar refractivity (Wildman–Crippen MR) is 110 cm³/mol. The lowest BCUT2D eigenvalue weighted by molar-refractivity contribution is 0.543. The fraction of sp³-hybridized carbons (Fsp3) is 0.750. The smallest absolute Gasteiger partial charge is 0.166 e. The van der Waals surface area contributed by atoms with Gasteiger partial charge in [0.1, 0.15) is 5.52 Å². The molecule has 0 aliphatic carbocycles. The van der Waals surface area contributed by atoms with Gasteiger partial charge in [-0.05, 0) is 6.42 Å². The Hall–Kier alpha value is -0.480. The molecule has 0 spiro atoms. The molecule has 0 saturated heterocycles. The van der Waals surface area contributed by atoms with Crippen molar-refractivity contribution in [2.24, 2.45) is 0 Å². The van der Waals surface area contributed by atoms with Crippen LogP contribution in [0.25, 0.3) is 11.0 Å². The van der Waals surface area contributed by atoms with Crippen LogP contribution < -0.4 is 0 Å². The lowest BCUT2D eigenvalue weighted by Gasteiger charge is -2.03. The van der Waals surface area contributed by atoms with Gasteiger partial charge >= 0.3 is 0 Å². The molecule has 0 amide bonds. The van der Waals surface area contributed by atoms with Gasteiger partial charge in [-0.25, -0.2) is 4.98 Å². The van der Waals surface area contributed by atoms with Crippen LogP contribution in [-0.2, 0) is 0 Å². The first-order valence-corrected chi connectivity index (χ1v) is 11.9. The molecule has 2 nitrogen and oxygen atoms in total. The highest BCUT2D eigenvalue weighted by Crippen LogP contribution is 2.23. The number of H-pyrrole nitrogens is 1. The van der Waals surface area contributed by atoms with Crippen LogP contribution >= 0.6 is 23.1 Å². The topological polar surface area (TPSA) is 28.7 Å². The minimum absolute atomic E-state index is 1.09. The number of thioether (sulfide) groups is 1. The van der Waals surface area contributed by atoms with Gasteiger partial charge in [0.25, 0.3) is 0 Å². The van der Waals surface area contributed by atoms with E-state index in [1.165, 1.54) is 94.7 Å². The second-order valence-electron chi connectivity index (χ2n) is 6.80. The number of hydrogen-bond acceptors (Lipinski definition) is 3. The van der Waals surface area contributed by atoms with Crippen molar-refractivity contribution in [1.29, 1.82) is 0 Å². The third-order valence-corrected chi connectivity index (χ3v) is 6.28. The van der Waals surface area contributed by atoms with Crippen molar-refractivity contribution in [2.45, 2.75) is 95.6 Å². The molecule has 0 fully saturated rings. The summed E-state index contributed by atoms with van der Waals surface area (Å²) in [5.74, 6) is 1.19. The van der Waals surface area contributed by atoms with Gasteiger partial charge in [-0.3, -0.25) is 0 Å². The average molecular weight is 367 g/mol. The average Bonchev–Trinajstić information content (AvgIpc) is 3.16. The maximum absolute atomic E-state index is 4.59. The molecule has 0 bridgehead atoms. The van der Waals surface area contributed by atoms with Crippen molar-refractivity contribution in [3.05, 3.63) is 10.8 Å². The highest BCUT2D eigenvalue weighted by molar-refractivity contribution is 7.99. The normalized spacial score (nSPS) is 11.5. The van der Waals surface area contributed by atoms with Crippen LogP contribution in [0.3, 0.4) is 0 Å². The summed E-state index contributed by atoms with van der Waals surface area (Å²) in [6.07, 6.45) is 18.5. The SMILES string of the molecule is CCCCCCCCCCCCCCCSc1nc2cscc2[nH]1. The fourth-order valence-electron chi connectivity index (χ4n) is 3.08. The zero-order chi connectivity index (χ0) is 16.9. The molecule has 1 N–H and O–H groups in total. The van der Waals surface area contributed by atoms with E-state index in [0.29, 0.717) is 0 Å². The minimum Gasteiger partial charge on any atom is -0.332 e. The quantitative estimate of drug-likeness (QED) is 0.257. The van der Waals surface area contributed by atoms with E-state index in [9.17, 15) is 0 Å². The van der Waals surface area contributed by atoms with E-state index < -0.39 is 0 Å². The Kier molecular flexibility index (Phi) is 10.6. The maximum atomic E-state index is 4.59. The Balaban J connectivity index is 1.33. The van der Waals surface area contributed by atoms with E-state index >= 15 is 0 Å². The van der Waals surface area contributed by atoms with Crippen molar-refractivity contribution in [3.63, 3.8) is 0 Å². The lowest BCUT2D eigenvalue weighted by Crippen LogP contribution is -1.85. The van der Waals surface area contributed by atoms with Gasteiger partial charge in [-0.15, -0.1) is 11.3 Å². The number of fused-ring (bicyclic) bond motifs is 1. The van der Waals surface area contributed by atoms with Gasteiger partial charge in [-0.2, -0.15) is 0 Å². The molecule has 0 aliphatic rings. The summed E-state index contributed by atoms with van der Waals surface area (Å²) < 4.78 is 0. The zero-order valence-corrected chi connectivity index (χ0v) is 17.0. The molecule has 0 aromatic carbocycles. The summed E-state index contributed by atoms with van der Waals surface area (Å²) in [6.45, 7) is 2.29. The van der Waals surface area contributed by atoms with Crippen molar-refractivity contribution >= 4 is 34.1 Å². The summed E-state index contributed by atoms with van der Waals surface area (Å²) in [5.41, 5.74) is 2.31. The fourth-order valence-corrected chi connectivity index (χ4v) is 4.66. The summed E-state index contributed by atoms with van der Waals surface area (Å²) in [5, 5.41) is 5.34. The van der Waals surface area contributed by atoms with Crippen molar-refractivity contribution in [1.82, 2.24) is 9.97 Å². The van der Waals surface area contributed by atoms with Crippen LogP contribution in [0, 0.1) is 0 Å². The Morgan fingerprint density at radius 2 is 1.42 bits per heavy atom. The molecule has 2 aromatic heterocycles. The van der Waals surface area contributed by atoms with E-state index in [1.807, 2.05) is 11.8 Å². The first-order valence-electron chi connectivity index (χ1n) is 9.95. The molecule has 0 atom stereocenters. The Morgan fingerprint density at radius 3 is 2.00 bits per heavy atom. The van der Waals surface area contributed by atoms with Crippen LogP contribution in [-0.4, -0.2) is 15.7 Å². The van der Waals surface area contributed by atoms with Gasteiger partial charge < -0.3 is 4.98 Å². The highest BCUT2D eigenvalue weighted by Gasteiger charge is 2.03. The molecule has 4 heteroatoms. The summed E-state index contributed by atoms with van der Waals surface area (Å²) in [7, 11) is 0. The van der Waals surface area contributed by atoms with Crippen molar-refractivity contribution in [3.8, 4) is 0 Å². The van der Waals surface area contributed by atoms with E-state index in [1.54, 1.807) is 11.3 Å². The second kappa shape index (κ2) is 12.8. The van der Waals surface area contributed by atoms with Gasteiger partial charge in [0.2, 0.25) is 0 Å². The monoisotopic (exact) mass is 366 g/mol. The number of imidazole rings is 1. The Bertz CT molecular complexity index is 504. The summed E-state index contributed by atoms with van der Waals surface area (Å²) in [6, 6.07) is 0. The third kappa shape index (κ3) is 8.06. The first-order chi connectivity index (χ1) is 11.9. The van der Waals surface area contributed by atoms with Gasteiger partial charge in [0, 0.05) is 16.5 Å². The molecule has 2 aromatic rings. The molecule has 0 saturated carbocycles. The third-order valence-electron chi connectivity index (χ3n) is 4.59. The van der Waals surface area contributed by atoms with Crippen LogP contribution in [0.1, 0.15) is 90.4 Å². The number of nitrogens with zero attached hydrogens (tertiary/aromatic N) is 1. The lowest BCUT2D eigenvalue weighted by atomic mass is 10.1. The molecule has 0 unspecified atom stereocenters.